The Kier molecular flexibility index (Phi) is 2.97. The van der Waals surface area contributed by atoms with Crippen molar-refractivity contribution in [2.45, 2.75) is 13.5 Å². The molecule has 5 heteroatoms. The Morgan fingerprint density at radius 2 is 2.05 bits per heavy atom. The number of pyridine rings is 1. The molecular formula is C14H14N4O. The van der Waals surface area contributed by atoms with Crippen LogP contribution < -0.4 is 5.32 Å². The van der Waals surface area contributed by atoms with Crippen molar-refractivity contribution in [2.24, 2.45) is 0 Å². The van der Waals surface area contributed by atoms with Crippen molar-refractivity contribution in [3.8, 4) is 11.5 Å². The molecule has 5 nitrogen and oxygen atoms in total. The molecule has 3 rings (SSSR count). The second kappa shape index (κ2) is 4.78. The zero-order chi connectivity index (χ0) is 13.2. The molecule has 0 saturated carbocycles. The summed E-state index contributed by atoms with van der Waals surface area (Å²) in [6, 6.07) is 10.0. The van der Waals surface area contributed by atoms with Crippen LogP contribution in [0.3, 0.4) is 0 Å². The van der Waals surface area contributed by atoms with Gasteiger partial charge in [0.2, 0.25) is 11.7 Å². The molecule has 19 heavy (non-hydrogen) atoms. The predicted molar refractivity (Wildman–Crippen MR) is 72.5 cm³/mol. The van der Waals surface area contributed by atoms with E-state index in [1.165, 1.54) is 0 Å². The van der Waals surface area contributed by atoms with E-state index in [4.69, 9.17) is 4.52 Å². The lowest BCUT2D eigenvalue weighted by atomic mass is 10.1. The van der Waals surface area contributed by atoms with Crippen LogP contribution in [0.5, 0.6) is 0 Å². The molecule has 0 aliphatic carbocycles. The Labute approximate surface area is 110 Å². The van der Waals surface area contributed by atoms with Gasteiger partial charge in [-0.25, -0.2) is 4.98 Å². The number of nitrogens with zero attached hydrogens (tertiary/aromatic N) is 3. The molecule has 0 bridgehead atoms. The van der Waals surface area contributed by atoms with Crippen LogP contribution in [-0.2, 0) is 6.54 Å². The minimum atomic E-state index is 0.527. The summed E-state index contributed by atoms with van der Waals surface area (Å²) in [6.07, 6.45) is 0. The second-order valence-corrected chi connectivity index (χ2v) is 4.38. The SMILES string of the molecule is CNCc1nc(-c2cc(C)c3ccccc3n2)no1. The summed E-state index contributed by atoms with van der Waals surface area (Å²) in [5.41, 5.74) is 2.83. The van der Waals surface area contributed by atoms with Gasteiger partial charge in [0.15, 0.2) is 0 Å². The third kappa shape index (κ3) is 2.20. The topological polar surface area (TPSA) is 63.8 Å². The Morgan fingerprint density at radius 1 is 1.21 bits per heavy atom. The smallest absolute Gasteiger partial charge is 0.240 e. The number of fused-ring (bicyclic) bond motifs is 1. The molecule has 2 aromatic heterocycles. The van der Waals surface area contributed by atoms with Crippen LogP contribution in [0.25, 0.3) is 22.4 Å². The van der Waals surface area contributed by atoms with Crippen molar-refractivity contribution in [1.82, 2.24) is 20.4 Å². The average molecular weight is 254 g/mol. The van der Waals surface area contributed by atoms with Gasteiger partial charge < -0.3 is 9.84 Å². The van der Waals surface area contributed by atoms with Gasteiger partial charge in [-0.15, -0.1) is 0 Å². The van der Waals surface area contributed by atoms with E-state index >= 15 is 0 Å². The molecule has 0 radical (unpaired) electrons. The van der Waals surface area contributed by atoms with E-state index in [-0.39, 0.29) is 0 Å². The number of aromatic nitrogens is 3. The number of benzene rings is 1. The van der Waals surface area contributed by atoms with Crippen LogP contribution in [0.1, 0.15) is 11.5 Å². The summed E-state index contributed by atoms with van der Waals surface area (Å²) in [5, 5.41) is 8.08. The molecule has 0 fully saturated rings. The fourth-order valence-electron chi connectivity index (χ4n) is 2.05. The molecule has 0 aliphatic rings. The monoisotopic (exact) mass is 254 g/mol. The Hall–Kier alpha value is -2.27. The first kappa shape index (κ1) is 11.8. The molecule has 0 saturated heterocycles. The molecule has 0 amide bonds. The molecular weight excluding hydrogens is 240 g/mol. The molecule has 1 N–H and O–H groups in total. The Morgan fingerprint density at radius 3 is 2.89 bits per heavy atom. The van der Waals surface area contributed by atoms with Crippen molar-refractivity contribution < 1.29 is 4.52 Å². The largest absolute Gasteiger partial charge is 0.337 e. The van der Waals surface area contributed by atoms with Gasteiger partial charge in [-0.1, -0.05) is 23.4 Å². The molecule has 2 heterocycles. The van der Waals surface area contributed by atoms with Gasteiger partial charge in [-0.05, 0) is 31.7 Å². The summed E-state index contributed by atoms with van der Waals surface area (Å²) in [4.78, 5) is 8.89. The van der Waals surface area contributed by atoms with Crippen molar-refractivity contribution in [1.29, 1.82) is 0 Å². The van der Waals surface area contributed by atoms with Crippen LogP contribution in [0.4, 0.5) is 0 Å². The maximum Gasteiger partial charge on any atom is 0.240 e. The molecule has 1 aromatic carbocycles. The van der Waals surface area contributed by atoms with Gasteiger partial charge in [0.25, 0.3) is 0 Å². The summed E-state index contributed by atoms with van der Waals surface area (Å²) >= 11 is 0. The van der Waals surface area contributed by atoms with Crippen molar-refractivity contribution in [3.05, 3.63) is 41.8 Å². The fraction of sp³-hybridized carbons (Fsp3) is 0.214. The molecule has 0 atom stereocenters. The second-order valence-electron chi connectivity index (χ2n) is 4.38. The van der Waals surface area contributed by atoms with Crippen molar-refractivity contribution in [3.63, 3.8) is 0 Å². The van der Waals surface area contributed by atoms with Crippen molar-refractivity contribution in [2.75, 3.05) is 7.05 Å². The molecule has 3 aromatic rings. The fourth-order valence-corrected chi connectivity index (χ4v) is 2.05. The lowest BCUT2D eigenvalue weighted by molar-refractivity contribution is 0.372. The van der Waals surface area contributed by atoms with Gasteiger partial charge in [0.1, 0.15) is 5.69 Å². The van der Waals surface area contributed by atoms with E-state index in [1.807, 2.05) is 31.3 Å². The summed E-state index contributed by atoms with van der Waals surface area (Å²) in [7, 11) is 1.84. The molecule has 0 aliphatic heterocycles. The summed E-state index contributed by atoms with van der Waals surface area (Å²) in [5.74, 6) is 1.09. The van der Waals surface area contributed by atoms with E-state index < -0.39 is 0 Å². The van der Waals surface area contributed by atoms with Gasteiger partial charge in [-0.2, -0.15) is 4.98 Å². The van der Waals surface area contributed by atoms with Crippen LogP contribution in [0, 0.1) is 6.92 Å². The molecule has 0 unspecified atom stereocenters. The first-order valence-electron chi connectivity index (χ1n) is 6.12. The minimum absolute atomic E-state index is 0.527. The molecule has 96 valence electrons. The van der Waals surface area contributed by atoms with E-state index in [0.717, 1.165) is 22.2 Å². The zero-order valence-corrected chi connectivity index (χ0v) is 10.8. The van der Waals surface area contributed by atoms with Crippen LogP contribution >= 0.6 is 0 Å². The maximum atomic E-state index is 5.15. The van der Waals surface area contributed by atoms with Crippen LogP contribution in [0.2, 0.25) is 0 Å². The summed E-state index contributed by atoms with van der Waals surface area (Å²) < 4.78 is 5.15. The minimum Gasteiger partial charge on any atom is -0.337 e. The number of hydrogen-bond donors (Lipinski definition) is 1. The number of hydrogen-bond acceptors (Lipinski definition) is 5. The van der Waals surface area contributed by atoms with E-state index in [2.05, 4.69) is 33.4 Å². The third-order valence-corrected chi connectivity index (χ3v) is 2.95. The quantitative estimate of drug-likeness (QED) is 0.777. The van der Waals surface area contributed by atoms with Gasteiger partial charge in [0, 0.05) is 5.39 Å². The van der Waals surface area contributed by atoms with Gasteiger partial charge in [-0.3, -0.25) is 0 Å². The highest BCUT2D eigenvalue weighted by Crippen LogP contribution is 2.22. The lowest BCUT2D eigenvalue weighted by Gasteiger charge is -2.03. The first-order chi connectivity index (χ1) is 9.28. The maximum absolute atomic E-state index is 5.15. The summed E-state index contributed by atoms with van der Waals surface area (Å²) in [6.45, 7) is 2.61. The standard InChI is InChI=1S/C14H14N4O/c1-9-7-12(14-17-13(8-15-2)19-18-14)16-11-6-4-3-5-10(9)11/h3-7,15H,8H2,1-2H3. The Balaban J connectivity index is 2.09. The highest BCUT2D eigenvalue weighted by Gasteiger charge is 2.11. The average Bonchev–Trinajstić information content (AvgIpc) is 2.88. The van der Waals surface area contributed by atoms with Crippen LogP contribution in [-0.4, -0.2) is 22.2 Å². The van der Waals surface area contributed by atoms with Crippen LogP contribution in [0.15, 0.2) is 34.9 Å². The predicted octanol–water partition coefficient (Wildman–Crippen LogP) is 2.31. The molecule has 0 spiro atoms. The highest BCUT2D eigenvalue weighted by atomic mass is 16.5. The number of nitrogens with one attached hydrogen (secondary N) is 1. The number of aryl methyl sites for hydroxylation is 1. The Bertz CT molecular complexity index is 720. The van der Waals surface area contributed by atoms with E-state index in [0.29, 0.717) is 18.3 Å². The number of rotatable bonds is 3. The van der Waals surface area contributed by atoms with Gasteiger partial charge in [0.05, 0.1) is 12.1 Å². The van der Waals surface area contributed by atoms with E-state index in [1.54, 1.807) is 0 Å². The number of para-hydroxylation sites is 1. The highest BCUT2D eigenvalue weighted by molar-refractivity contribution is 5.84. The zero-order valence-electron chi connectivity index (χ0n) is 10.8. The normalized spacial score (nSPS) is 11.1. The first-order valence-corrected chi connectivity index (χ1v) is 6.12. The van der Waals surface area contributed by atoms with E-state index in [9.17, 15) is 0 Å². The van der Waals surface area contributed by atoms with Gasteiger partial charge >= 0.3 is 0 Å². The van der Waals surface area contributed by atoms with Crippen molar-refractivity contribution >= 4 is 10.9 Å². The lowest BCUT2D eigenvalue weighted by Crippen LogP contribution is -2.04. The third-order valence-electron chi connectivity index (χ3n) is 2.95.